The van der Waals surface area contributed by atoms with Crippen LogP contribution in [0.1, 0.15) is 0 Å². The lowest BCUT2D eigenvalue weighted by atomic mass is 10.6. The normalized spacial score (nSPS) is 12.2. The predicted octanol–water partition coefficient (Wildman–Crippen LogP) is 0.833. The number of ether oxygens (including phenoxy) is 1. The summed E-state index contributed by atoms with van der Waals surface area (Å²) < 4.78 is 4.19. The van der Waals surface area contributed by atoms with E-state index in [-0.39, 0.29) is 0 Å². The summed E-state index contributed by atoms with van der Waals surface area (Å²) >= 11 is 4.76. The summed E-state index contributed by atoms with van der Waals surface area (Å²) in [6.45, 7) is 3.25. The molecule has 0 aliphatic carbocycles. The van der Waals surface area contributed by atoms with Gasteiger partial charge in [-0.05, 0) is 6.08 Å². The second kappa shape index (κ2) is 3.46. The molecule has 0 saturated carbocycles. The monoisotopic (exact) mass is 135 g/mol. The second-order valence-electron chi connectivity index (χ2n) is 1.06. The molecule has 0 amide bonds. The van der Waals surface area contributed by atoms with Gasteiger partial charge in [0.05, 0.1) is 0 Å². The first-order valence-electron chi connectivity index (χ1n) is 1.91. The summed E-state index contributed by atoms with van der Waals surface area (Å²) in [7, 11) is 0. The summed E-state index contributed by atoms with van der Waals surface area (Å²) in [5.74, 6) is 0. The number of hydrogen-bond acceptors (Lipinski definition) is 3. The molecule has 0 saturated heterocycles. The number of nitrogens with two attached hydrogens (primary N) is 1. The quantitative estimate of drug-likeness (QED) is 0.347. The van der Waals surface area contributed by atoms with E-state index in [0.29, 0.717) is 0 Å². The van der Waals surface area contributed by atoms with Crippen molar-refractivity contribution in [1.29, 1.82) is 0 Å². The predicted molar refractivity (Wildman–Crippen MR) is 30.5 cm³/mol. The van der Waals surface area contributed by atoms with E-state index < -0.39 is 11.7 Å². The molecule has 3 nitrogen and oxygen atoms in total. The maximum Gasteiger partial charge on any atom is 0.405 e. The largest absolute Gasteiger partial charge is 0.431 e. The minimum absolute atomic E-state index is 0.792. The Morgan fingerprint density at radius 1 is 2.00 bits per heavy atom. The average Bonchev–Trinajstić information content (AvgIpc) is 1.65. The number of halogens is 1. The molecule has 4 heteroatoms. The van der Waals surface area contributed by atoms with Crippen LogP contribution in [0.25, 0.3) is 0 Å². The van der Waals surface area contributed by atoms with Gasteiger partial charge in [-0.3, -0.25) is 5.73 Å². The van der Waals surface area contributed by atoms with Crippen molar-refractivity contribution in [1.82, 2.24) is 0 Å². The minimum Gasteiger partial charge on any atom is -0.431 e. The minimum atomic E-state index is -0.919. The molecule has 46 valence electrons. The van der Waals surface area contributed by atoms with E-state index in [1.165, 1.54) is 6.08 Å². The Morgan fingerprint density at radius 3 is 2.62 bits per heavy atom. The van der Waals surface area contributed by atoms with Crippen molar-refractivity contribution in [2.24, 2.45) is 5.73 Å². The van der Waals surface area contributed by atoms with Crippen molar-refractivity contribution < 1.29 is 9.53 Å². The smallest absolute Gasteiger partial charge is 0.405 e. The standard InChI is InChI=1S/C4H6ClNO2/c1-2-3(6)8-4(5)7/h2-3H,1,6H2. The topological polar surface area (TPSA) is 52.3 Å². The van der Waals surface area contributed by atoms with Crippen LogP contribution in [-0.2, 0) is 4.74 Å². The van der Waals surface area contributed by atoms with Crippen LogP contribution in [0.15, 0.2) is 12.7 Å². The molecular formula is C4H6ClNO2. The zero-order valence-electron chi connectivity index (χ0n) is 4.13. The van der Waals surface area contributed by atoms with Crippen LogP contribution in [0.4, 0.5) is 4.79 Å². The van der Waals surface area contributed by atoms with E-state index >= 15 is 0 Å². The third-order valence-corrected chi connectivity index (χ3v) is 0.550. The van der Waals surface area contributed by atoms with E-state index in [0.717, 1.165) is 0 Å². The van der Waals surface area contributed by atoms with E-state index in [1.54, 1.807) is 0 Å². The lowest BCUT2D eigenvalue weighted by Gasteiger charge is -2.01. The summed E-state index contributed by atoms with van der Waals surface area (Å²) in [5.41, 5.74) is 4.11. The van der Waals surface area contributed by atoms with Crippen molar-refractivity contribution in [2.45, 2.75) is 6.23 Å². The Bertz CT molecular complexity index is 104. The van der Waals surface area contributed by atoms with Gasteiger partial charge >= 0.3 is 5.43 Å². The highest BCUT2D eigenvalue weighted by Gasteiger charge is 1.99. The molecule has 8 heavy (non-hydrogen) atoms. The van der Waals surface area contributed by atoms with Gasteiger partial charge in [-0.25, -0.2) is 4.79 Å². The van der Waals surface area contributed by atoms with Crippen molar-refractivity contribution in [3.8, 4) is 0 Å². The zero-order valence-corrected chi connectivity index (χ0v) is 4.89. The molecule has 0 radical (unpaired) electrons. The second-order valence-corrected chi connectivity index (χ2v) is 1.36. The zero-order chi connectivity index (χ0) is 6.57. The van der Waals surface area contributed by atoms with Gasteiger partial charge in [0, 0.05) is 11.6 Å². The Hall–Kier alpha value is -0.540. The third-order valence-electron chi connectivity index (χ3n) is 0.461. The number of rotatable bonds is 2. The summed E-state index contributed by atoms with van der Waals surface area (Å²) in [6.07, 6.45) is 0.472. The molecule has 0 rings (SSSR count). The fourth-order valence-corrected chi connectivity index (χ4v) is 0.258. The highest BCUT2D eigenvalue weighted by atomic mass is 35.5. The molecule has 0 aromatic carbocycles. The van der Waals surface area contributed by atoms with Gasteiger partial charge in [-0.15, -0.1) is 0 Å². The fourth-order valence-electron chi connectivity index (χ4n) is 0.155. The molecule has 0 aromatic heterocycles. The lowest BCUT2D eigenvalue weighted by Crippen LogP contribution is -2.21. The SMILES string of the molecule is C=CC(N)OC(=O)Cl. The fraction of sp³-hybridized carbons (Fsp3) is 0.250. The van der Waals surface area contributed by atoms with Gasteiger partial charge in [0.2, 0.25) is 0 Å². The highest BCUT2D eigenvalue weighted by molar-refractivity contribution is 6.61. The Kier molecular flexibility index (Phi) is 3.23. The molecule has 0 aliphatic heterocycles. The summed E-state index contributed by atoms with van der Waals surface area (Å²) in [6, 6.07) is 0. The highest BCUT2D eigenvalue weighted by Crippen LogP contribution is 1.90. The first-order chi connectivity index (χ1) is 3.66. The van der Waals surface area contributed by atoms with Crippen molar-refractivity contribution in [3.63, 3.8) is 0 Å². The van der Waals surface area contributed by atoms with E-state index in [4.69, 9.17) is 17.3 Å². The molecule has 1 atom stereocenters. The van der Waals surface area contributed by atoms with E-state index in [2.05, 4.69) is 11.3 Å². The van der Waals surface area contributed by atoms with Crippen LogP contribution in [-0.4, -0.2) is 11.7 Å². The molecule has 0 aliphatic rings. The maximum absolute atomic E-state index is 9.83. The van der Waals surface area contributed by atoms with Gasteiger partial charge in [-0.1, -0.05) is 6.58 Å². The third kappa shape index (κ3) is 3.64. The Morgan fingerprint density at radius 2 is 2.50 bits per heavy atom. The van der Waals surface area contributed by atoms with Gasteiger partial charge in [0.1, 0.15) is 0 Å². The molecule has 0 fully saturated rings. The molecule has 1 unspecified atom stereocenters. The van der Waals surface area contributed by atoms with Crippen LogP contribution >= 0.6 is 11.6 Å². The summed E-state index contributed by atoms with van der Waals surface area (Å²) in [5, 5.41) is 0. The van der Waals surface area contributed by atoms with Crippen molar-refractivity contribution in [2.75, 3.05) is 0 Å². The molecule has 0 aromatic rings. The van der Waals surface area contributed by atoms with Crippen LogP contribution in [0.2, 0.25) is 0 Å². The molecule has 0 bridgehead atoms. The molecule has 0 heterocycles. The first-order valence-corrected chi connectivity index (χ1v) is 2.29. The lowest BCUT2D eigenvalue weighted by molar-refractivity contribution is 0.148. The van der Waals surface area contributed by atoms with Gasteiger partial charge in [0.15, 0.2) is 6.23 Å². The number of carbonyl (C=O) groups excluding carboxylic acids is 1. The van der Waals surface area contributed by atoms with Crippen LogP contribution in [0, 0.1) is 0 Å². The molecule has 2 N–H and O–H groups in total. The van der Waals surface area contributed by atoms with Crippen molar-refractivity contribution in [3.05, 3.63) is 12.7 Å². The number of carbonyl (C=O) groups is 1. The van der Waals surface area contributed by atoms with E-state index in [9.17, 15) is 4.79 Å². The van der Waals surface area contributed by atoms with E-state index in [1.807, 2.05) is 0 Å². The van der Waals surface area contributed by atoms with Crippen LogP contribution in [0.5, 0.6) is 0 Å². The molecular weight excluding hydrogens is 130 g/mol. The van der Waals surface area contributed by atoms with Crippen molar-refractivity contribution >= 4 is 17.0 Å². The van der Waals surface area contributed by atoms with Crippen LogP contribution in [0.3, 0.4) is 0 Å². The van der Waals surface area contributed by atoms with Gasteiger partial charge < -0.3 is 4.74 Å². The first kappa shape index (κ1) is 7.46. The Balaban J connectivity index is 3.38. The average molecular weight is 136 g/mol. The maximum atomic E-state index is 9.83. The Labute approximate surface area is 52.1 Å². The molecule has 0 spiro atoms. The number of hydrogen-bond donors (Lipinski definition) is 1. The van der Waals surface area contributed by atoms with Gasteiger partial charge in [0.25, 0.3) is 0 Å². The van der Waals surface area contributed by atoms with Gasteiger partial charge in [-0.2, -0.15) is 0 Å². The summed E-state index contributed by atoms with van der Waals surface area (Å²) in [4.78, 5) is 9.83. The van der Waals surface area contributed by atoms with Crippen LogP contribution < -0.4 is 5.73 Å².